The number of allylic oxidation sites excluding steroid dienone is 1. The number of esters is 1. The molecule has 0 spiro atoms. The predicted molar refractivity (Wildman–Crippen MR) is 116 cm³/mol. The zero-order valence-electron chi connectivity index (χ0n) is 17.4. The molecule has 10 heteroatoms. The molecular formula is C22H20Cl2N4O4. The van der Waals surface area contributed by atoms with Gasteiger partial charge >= 0.3 is 12.1 Å². The van der Waals surface area contributed by atoms with E-state index in [-0.39, 0.29) is 36.0 Å². The highest BCUT2D eigenvalue weighted by Crippen LogP contribution is 2.55. The Hall–Kier alpha value is -3.20. The third-order valence-corrected chi connectivity index (χ3v) is 6.56. The summed E-state index contributed by atoms with van der Waals surface area (Å²) in [4.78, 5) is 26.9. The van der Waals surface area contributed by atoms with Crippen LogP contribution in [0.15, 0.2) is 41.1 Å². The molecule has 1 amide bonds. The maximum Gasteiger partial charge on any atom is 0.410 e. The number of rotatable bonds is 3. The quantitative estimate of drug-likeness (QED) is 0.662. The number of methoxy groups -OCH3 is 1. The van der Waals surface area contributed by atoms with Crippen LogP contribution in [0.2, 0.25) is 10.0 Å². The molecule has 2 aliphatic rings. The number of hydrogen-bond donors (Lipinski definition) is 1. The fourth-order valence-electron chi connectivity index (χ4n) is 4.41. The van der Waals surface area contributed by atoms with E-state index in [0.29, 0.717) is 16.2 Å². The molecule has 1 heterocycles. The lowest BCUT2D eigenvalue weighted by molar-refractivity contribution is -0.149. The van der Waals surface area contributed by atoms with E-state index in [9.17, 15) is 20.1 Å². The van der Waals surface area contributed by atoms with Crippen LogP contribution in [0.4, 0.5) is 4.79 Å². The Balaban J connectivity index is 2.32. The SMILES string of the molecule is CCOC(=O)N1CC=C2C(C#N)=C(N)C(C#N)(C(=O)OC)C(c3ccc(Cl)c(Cl)c3)C2C1. The second-order valence-electron chi connectivity index (χ2n) is 7.33. The maximum atomic E-state index is 13.1. The third kappa shape index (κ3) is 3.56. The van der Waals surface area contributed by atoms with Crippen molar-refractivity contribution in [3.63, 3.8) is 0 Å². The summed E-state index contributed by atoms with van der Waals surface area (Å²) < 4.78 is 10.1. The molecular weight excluding hydrogens is 455 g/mol. The molecule has 0 aromatic heterocycles. The average Bonchev–Trinajstić information content (AvgIpc) is 2.79. The number of nitrogens with zero attached hydrogens (tertiary/aromatic N) is 3. The standard InChI is InChI=1S/C22H20Cl2N4O4/c1-3-32-21(30)28-7-6-13-14(9-25)19(27)22(11-26,20(29)31-2)18(15(13)10-28)12-4-5-16(23)17(24)8-12/h4-6,8,15,18H,3,7,10,27H2,1-2H3. The Bertz CT molecular complexity index is 1120. The van der Waals surface area contributed by atoms with E-state index in [0.717, 1.165) is 7.11 Å². The van der Waals surface area contributed by atoms with Crippen LogP contribution in [-0.2, 0) is 14.3 Å². The summed E-state index contributed by atoms with van der Waals surface area (Å²) in [5.74, 6) is -2.45. The van der Waals surface area contributed by atoms with Crippen LogP contribution in [0.25, 0.3) is 0 Å². The fraction of sp³-hybridized carbons (Fsp3) is 0.364. The van der Waals surface area contributed by atoms with Gasteiger partial charge in [0.25, 0.3) is 0 Å². The summed E-state index contributed by atoms with van der Waals surface area (Å²) >= 11 is 12.3. The number of nitrogens with two attached hydrogens (primary N) is 1. The van der Waals surface area contributed by atoms with Crippen LogP contribution < -0.4 is 5.73 Å². The first-order valence-electron chi connectivity index (χ1n) is 9.73. The van der Waals surface area contributed by atoms with Gasteiger partial charge in [-0.3, -0.25) is 0 Å². The number of benzene rings is 1. The molecule has 166 valence electrons. The average molecular weight is 475 g/mol. The molecule has 1 aromatic carbocycles. The lowest BCUT2D eigenvalue weighted by Gasteiger charge is -2.46. The van der Waals surface area contributed by atoms with Gasteiger partial charge in [-0.2, -0.15) is 10.5 Å². The van der Waals surface area contributed by atoms with E-state index in [2.05, 4.69) is 0 Å². The van der Waals surface area contributed by atoms with Gasteiger partial charge in [-0.05, 0) is 30.2 Å². The van der Waals surface area contributed by atoms with Gasteiger partial charge < -0.3 is 20.1 Å². The summed E-state index contributed by atoms with van der Waals surface area (Å²) in [7, 11) is 1.14. The van der Waals surface area contributed by atoms with Gasteiger partial charge in [0.15, 0.2) is 0 Å². The molecule has 0 bridgehead atoms. The molecule has 1 aliphatic heterocycles. The molecule has 0 fully saturated rings. The smallest absolute Gasteiger partial charge is 0.410 e. The van der Waals surface area contributed by atoms with Crippen molar-refractivity contribution < 1.29 is 19.1 Å². The highest BCUT2D eigenvalue weighted by Gasteiger charge is 2.59. The van der Waals surface area contributed by atoms with Crippen molar-refractivity contribution in [2.45, 2.75) is 12.8 Å². The van der Waals surface area contributed by atoms with Gasteiger partial charge in [-0.15, -0.1) is 0 Å². The second-order valence-corrected chi connectivity index (χ2v) is 8.15. The first-order chi connectivity index (χ1) is 15.3. The Labute approximate surface area is 195 Å². The number of carbonyl (C=O) groups excluding carboxylic acids is 2. The van der Waals surface area contributed by atoms with Gasteiger partial charge in [-0.1, -0.05) is 35.3 Å². The van der Waals surface area contributed by atoms with Crippen molar-refractivity contribution in [3.05, 3.63) is 56.7 Å². The van der Waals surface area contributed by atoms with E-state index in [1.165, 1.54) is 4.90 Å². The summed E-state index contributed by atoms with van der Waals surface area (Å²) in [5.41, 5.74) is 5.19. The van der Waals surface area contributed by atoms with Crippen molar-refractivity contribution in [3.8, 4) is 12.1 Å². The van der Waals surface area contributed by atoms with E-state index >= 15 is 0 Å². The summed E-state index contributed by atoms with van der Waals surface area (Å²) in [6.07, 6.45) is 1.15. The third-order valence-electron chi connectivity index (χ3n) is 5.82. The Morgan fingerprint density at radius 1 is 1.31 bits per heavy atom. The van der Waals surface area contributed by atoms with E-state index in [1.807, 2.05) is 12.1 Å². The van der Waals surface area contributed by atoms with Crippen molar-refractivity contribution >= 4 is 35.3 Å². The molecule has 0 saturated carbocycles. The van der Waals surface area contributed by atoms with Gasteiger partial charge in [0, 0.05) is 24.9 Å². The zero-order valence-corrected chi connectivity index (χ0v) is 18.9. The normalized spacial score (nSPS) is 24.6. The van der Waals surface area contributed by atoms with Crippen molar-refractivity contribution in [2.75, 3.05) is 26.8 Å². The van der Waals surface area contributed by atoms with E-state index < -0.39 is 29.3 Å². The number of carbonyl (C=O) groups is 2. The Morgan fingerprint density at radius 3 is 2.59 bits per heavy atom. The maximum absolute atomic E-state index is 13.1. The minimum absolute atomic E-state index is 0.0294. The molecule has 3 unspecified atom stereocenters. The number of fused-ring (bicyclic) bond motifs is 1. The molecule has 32 heavy (non-hydrogen) atoms. The van der Waals surface area contributed by atoms with Crippen LogP contribution in [0.1, 0.15) is 18.4 Å². The zero-order chi connectivity index (χ0) is 23.6. The molecule has 0 radical (unpaired) electrons. The molecule has 8 nitrogen and oxygen atoms in total. The van der Waals surface area contributed by atoms with Crippen LogP contribution in [0.5, 0.6) is 0 Å². The van der Waals surface area contributed by atoms with E-state index in [1.54, 1.807) is 31.2 Å². The summed E-state index contributed by atoms with van der Waals surface area (Å²) in [6, 6.07) is 8.79. The van der Waals surface area contributed by atoms with Gasteiger partial charge in [-0.25, -0.2) is 9.59 Å². The first-order valence-corrected chi connectivity index (χ1v) is 10.5. The summed E-state index contributed by atoms with van der Waals surface area (Å²) in [5, 5.41) is 20.6. The highest BCUT2D eigenvalue weighted by molar-refractivity contribution is 6.42. The fourth-order valence-corrected chi connectivity index (χ4v) is 4.72. The minimum atomic E-state index is -2.02. The van der Waals surface area contributed by atoms with Crippen LogP contribution >= 0.6 is 23.2 Å². The molecule has 2 N–H and O–H groups in total. The minimum Gasteiger partial charge on any atom is -0.468 e. The van der Waals surface area contributed by atoms with Gasteiger partial charge in [0.05, 0.1) is 41.1 Å². The lowest BCUT2D eigenvalue weighted by atomic mass is 9.57. The molecule has 3 rings (SSSR count). The number of hydrogen-bond acceptors (Lipinski definition) is 7. The molecule has 0 saturated heterocycles. The molecule has 3 atom stereocenters. The van der Waals surface area contributed by atoms with Crippen LogP contribution in [0, 0.1) is 34.0 Å². The topological polar surface area (TPSA) is 129 Å². The first kappa shape index (κ1) is 23.5. The van der Waals surface area contributed by atoms with Crippen molar-refractivity contribution in [1.82, 2.24) is 4.90 Å². The predicted octanol–water partition coefficient (Wildman–Crippen LogP) is 3.52. The second kappa shape index (κ2) is 9.12. The van der Waals surface area contributed by atoms with Gasteiger partial charge in [0.1, 0.15) is 6.07 Å². The number of amides is 1. The summed E-state index contributed by atoms with van der Waals surface area (Å²) in [6.45, 7) is 2.16. The monoisotopic (exact) mass is 474 g/mol. The van der Waals surface area contributed by atoms with Crippen LogP contribution in [0.3, 0.4) is 0 Å². The number of halogens is 2. The lowest BCUT2D eigenvalue weighted by Crippen LogP contribution is -2.53. The molecule has 1 aromatic rings. The highest BCUT2D eigenvalue weighted by atomic mass is 35.5. The number of nitriles is 2. The molecule has 1 aliphatic carbocycles. The van der Waals surface area contributed by atoms with Crippen molar-refractivity contribution in [2.24, 2.45) is 17.1 Å². The Morgan fingerprint density at radius 2 is 2.03 bits per heavy atom. The number of ether oxygens (including phenoxy) is 2. The van der Waals surface area contributed by atoms with E-state index in [4.69, 9.17) is 38.4 Å². The van der Waals surface area contributed by atoms with Gasteiger partial charge in [0.2, 0.25) is 5.41 Å². The Kier molecular flexibility index (Phi) is 6.68. The largest absolute Gasteiger partial charge is 0.468 e. The van der Waals surface area contributed by atoms with Crippen LogP contribution in [-0.4, -0.2) is 43.8 Å². The van der Waals surface area contributed by atoms with Crippen molar-refractivity contribution in [1.29, 1.82) is 10.5 Å².